The van der Waals surface area contributed by atoms with Crippen LogP contribution in [0.25, 0.3) is 6.08 Å². The van der Waals surface area contributed by atoms with Gasteiger partial charge in [0.25, 0.3) is 0 Å². The van der Waals surface area contributed by atoms with Crippen molar-refractivity contribution in [3.63, 3.8) is 0 Å². The number of carboxylic acids is 1. The second-order valence-corrected chi connectivity index (χ2v) is 6.02. The molecule has 1 unspecified atom stereocenters. The number of hydrogen-bond donors (Lipinski definition) is 1. The molecule has 1 aromatic carbocycles. The minimum absolute atomic E-state index is 0.428. The molecule has 0 aliphatic heterocycles. The van der Waals surface area contributed by atoms with Crippen LogP contribution in [0.4, 0.5) is 0 Å². The van der Waals surface area contributed by atoms with Gasteiger partial charge in [0, 0.05) is 6.08 Å². The number of ether oxygens (including phenoxy) is 2. The molecule has 0 aromatic heterocycles. The van der Waals surface area contributed by atoms with Gasteiger partial charge in [-0.2, -0.15) is 0 Å². The topological polar surface area (TPSA) is 72.8 Å². The van der Waals surface area contributed by atoms with E-state index in [1.165, 1.54) is 31.6 Å². The summed E-state index contributed by atoms with van der Waals surface area (Å²) in [5.74, 6) is -0.880. The number of allylic oxidation sites excluding steroid dienone is 2. The van der Waals surface area contributed by atoms with Gasteiger partial charge in [-0.3, -0.25) is 0 Å². The fourth-order valence-corrected chi connectivity index (χ4v) is 2.74. The molecular formula is C20H24O5. The summed E-state index contributed by atoms with van der Waals surface area (Å²) in [6.07, 6.45) is 10.1. The van der Waals surface area contributed by atoms with Gasteiger partial charge >= 0.3 is 11.9 Å². The molecule has 0 fully saturated rings. The monoisotopic (exact) mass is 344 g/mol. The van der Waals surface area contributed by atoms with Gasteiger partial charge in [-0.1, -0.05) is 23.8 Å². The minimum atomic E-state index is -0.953. The molecule has 1 aliphatic carbocycles. The van der Waals surface area contributed by atoms with E-state index in [0.29, 0.717) is 12.2 Å². The van der Waals surface area contributed by atoms with Crippen molar-refractivity contribution in [2.75, 3.05) is 7.11 Å². The SMILES string of the molecule is COC(=O)/C=C/c1ccc(OC(CCC2=CCCCC2)C(=O)O)cc1. The average Bonchev–Trinajstić information content (AvgIpc) is 2.64. The quantitative estimate of drug-likeness (QED) is 0.439. The number of benzene rings is 1. The van der Waals surface area contributed by atoms with Crippen molar-refractivity contribution < 1.29 is 24.2 Å². The summed E-state index contributed by atoms with van der Waals surface area (Å²) in [5.41, 5.74) is 2.14. The van der Waals surface area contributed by atoms with Crippen molar-refractivity contribution in [2.24, 2.45) is 0 Å². The molecule has 1 aromatic rings. The molecule has 0 saturated carbocycles. The number of carbonyl (C=O) groups is 2. The molecule has 5 nitrogen and oxygen atoms in total. The Kier molecular flexibility index (Phi) is 7.26. The van der Waals surface area contributed by atoms with Gasteiger partial charge in [0.05, 0.1) is 7.11 Å². The Bertz CT molecular complexity index is 643. The van der Waals surface area contributed by atoms with Crippen LogP contribution in [0.2, 0.25) is 0 Å². The summed E-state index contributed by atoms with van der Waals surface area (Å²) < 4.78 is 10.2. The number of esters is 1. The highest BCUT2D eigenvalue weighted by molar-refractivity contribution is 5.86. The van der Waals surface area contributed by atoms with Gasteiger partial charge in [0.15, 0.2) is 6.10 Å². The average molecular weight is 344 g/mol. The number of hydrogen-bond acceptors (Lipinski definition) is 4. The summed E-state index contributed by atoms with van der Waals surface area (Å²) in [6, 6.07) is 6.92. The second-order valence-electron chi connectivity index (χ2n) is 6.02. The first-order valence-electron chi connectivity index (χ1n) is 8.52. The fourth-order valence-electron chi connectivity index (χ4n) is 2.74. The largest absolute Gasteiger partial charge is 0.479 e. The van der Waals surface area contributed by atoms with Crippen LogP contribution < -0.4 is 4.74 Å². The zero-order chi connectivity index (χ0) is 18.1. The Labute approximate surface area is 147 Å². The third kappa shape index (κ3) is 6.45. The molecule has 0 heterocycles. The van der Waals surface area contributed by atoms with Gasteiger partial charge in [-0.25, -0.2) is 9.59 Å². The number of aliphatic carboxylic acids is 1. The van der Waals surface area contributed by atoms with Crippen molar-refractivity contribution >= 4 is 18.0 Å². The lowest BCUT2D eigenvalue weighted by Crippen LogP contribution is -2.27. The highest BCUT2D eigenvalue weighted by Gasteiger charge is 2.20. The molecule has 1 N–H and O–H groups in total. The number of carboxylic acid groups (broad SMARTS) is 1. The number of carbonyl (C=O) groups excluding carboxylic acids is 1. The number of rotatable bonds is 8. The zero-order valence-corrected chi connectivity index (χ0v) is 14.4. The van der Waals surface area contributed by atoms with Crippen LogP contribution in [0.1, 0.15) is 44.1 Å². The van der Waals surface area contributed by atoms with Crippen LogP contribution in [-0.2, 0) is 14.3 Å². The maximum absolute atomic E-state index is 11.4. The van der Waals surface area contributed by atoms with Crippen molar-refractivity contribution in [1.29, 1.82) is 0 Å². The molecule has 1 aliphatic rings. The van der Waals surface area contributed by atoms with Crippen LogP contribution in [0.5, 0.6) is 5.75 Å². The Morgan fingerprint density at radius 2 is 2.00 bits per heavy atom. The van der Waals surface area contributed by atoms with Gasteiger partial charge < -0.3 is 14.6 Å². The molecule has 0 radical (unpaired) electrons. The fraction of sp³-hybridized carbons (Fsp3) is 0.400. The second kappa shape index (κ2) is 9.67. The number of methoxy groups -OCH3 is 1. The molecule has 0 saturated heterocycles. The molecule has 1 atom stereocenters. The van der Waals surface area contributed by atoms with Gasteiger partial charge in [-0.15, -0.1) is 0 Å². The Morgan fingerprint density at radius 1 is 1.24 bits per heavy atom. The van der Waals surface area contributed by atoms with Crippen LogP contribution >= 0.6 is 0 Å². The Balaban J connectivity index is 1.92. The van der Waals surface area contributed by atoms with Crippen LogP contribution in [0.15, 0.2) is 42.0 Å². The van der Waals surface area contributed by atoms with Gasteiger partial charge in [0.1, 0.15) is 5.75 Å². The van der Waals surface area contributed by atoms with Gasteiger partial charge in [0.2, 0.25) is 0 Å². The first-order chi connectivity index (χ1) is 12.1. The summed E-state index contributed by atoms with van der Waals surface area (Å²) in [4.78, 5) is 22.5. The van der Waals surface area contributed by atoms with Gasteiger partial charge in [-0.05, 0) is 62.3 Å². The molecular weight excluding hydrogens is 320 g/mol. The summed E-state index contributed by atoms with van der Waals surface area (Å²) >= 11 is 0. The van der Waals surface area contributed by atoms with E-state index >= 15 is 0 Å². The predicted molar refractivity (Wildman–Crippen MR) is 95.3 cm³/mol. The molecule has 0 spiro atoms. The smallest absolute Gasteiger partial charge is 0.344 e. The lowest BCUT2D eigenvalue weighted by Gasteiger charge is -2.17. The third-order valence-electron chi connectivity index (χ3n) is 4.16. The third-order valence-corrected chi connectivity index (χ3v) is 4.16. The van der Waals surface area contributed by atoms with E-state index in [9.17, 15) is 14.7 Å². The van der Waals surface area contributed by atoms with Crippen LogP contribution in [-0.4, -0.2) is 30.3 Å². The standard InChI is InChI=1S/C20H24O5/c1-24-19(21)14-10-16-7-11-17(12-8-16)25-18(20(22)23)13-9-15-5-3-2-4-6-15/h5,7-8,10-12,14,18H,2-4,6,9,13H2,1H3,(H,22,23)/b14-10+. The first-order valence-corrected chi connectivity index (χ1v) is 8.52. The summed E-state index contributed by atoms with van der Waals surface area (Å²) in [5, 5.41) is 9.38. The van der Waals surface area contributed by atoms with E-state index in [1.54, 1.807) is 30.3 Å². The van der Waals surface area contributed by atoms with E-state index < -0.39 is 18.0 Å². The molecule has 5 heteroatoms. The van der Waals surface area contributed by atoms with Crippen LogP contribution in [0.3, 0.4) is 0 Å². The van der Waals surface area contributed by atoms with Crippen molar-refractivity contribution in [2.45, 2.75) is 44.6 Å². The molecule has 134 valence electrons. The van der Waals surface area contributed by atoms with E-state index in [4.69, 9.17) is 4.74 Å². The summed E-state index contributed by atoms with van der Waals surface area (Å²) in [6.45, 7) is 0. The highest BCUT2D eigenvalue weighted by Crippen LogP contribution is 2.23. The minimum Gasteiger partial charge on any atom is -0.479 e. The van der Waals surface area contributed by atoms with Crippen molar-refractivity contribution in [3.8, 4) is 5.75 Å². The normalized spacial score (nSPS) is 15.5. The summed E-state index contributed by atoms with van der Waals surface area (Å²) in [7, 11) is 1.32. The predicted octanol–water partition coefficient (Wildman–Crippen LogP) is 3.99. The van der Waals surface area contributed by atoms with E-state index in [0.717, 1.165) is 24.8 Å². The maximum Gasteiger partial charge on any atom is 0.344 e. The maximum atomic E-state index is 11.4. The van der Waals surface area contributed by atoms with E-state index in [2.05, 4.69) is 10.8 Å². The first kappa shape index (κ1) is 18.8. The van der Waals surface area contributed by atoms with Crippen molar-refractivity contribution in [3.05, 3.63) is 47.6 Å². The Morgan fingerprint density at radius 3 is 2.60 bits per heavy atom. The molecule has 25 heavy (non-hydrogen) atoms. The molecule has 2 rings (SSSR count). The van der Waals surface area contributed by atoms with E-state index in [1.807, 2.05) is 0 Å². The zero-order valence-electron chi connectivity index (χ0n) is 14.4. The highest BCUT2D eigenvalue weighted by atomic mass is 16.5. The van der Waals surface area contributed by atoms with Crippen molar-refractivity contribution in [1.82, 2.24) is 0 Å². The Hall–Kier alpha value is -2.56. The van der Waals surface area contributed by atoms with Crippen LogP contribution in [0, 0.1) is 0 Å². The lowest BCUT2D eigenvalue weighted by molar-refractivity contribution is -0.145. The molecule has 0 bridgehead atoms. The lowest BCUT2D eigenvalue weighted by atomic mass is 9.95. The van der Waals surface area contributed by atoms with E-state index in [-0.39, 0.29) is 0 Å². The molecule has 0 amide bonds.